The van der Waals surface area contributed by atoms with E-state index in [4.69, 9.17) is 14.3 Å². The van der Waals surface area contributed by atoms with E-state index in [1.54, 1.807) is 18.2 Å². The number of furan rings is 1. The Hall–Kier alpha value is -3.62. The topological polar surface area (TPSA) is 112 Å². The fourth-order valence-corrected chi connectivity index (χ4v) is 4.24. The second kappa shape index (κ2) is 8.86. The van der Waals surface area contributed by atoms with Crippen LogP contribution in [0.2, 0.25) is 0 Å². The third kappa shape index (κ3) is 4.82. The molecule has 0 saturated heterocycles. The number of aryl methyl sites for hydroxylation is 1. The van der Waals surface area contributed by atoms with E-state index in [9.17, 15) is 13.2 Å². The van der Waals surface area contributed by atoms with Crippen LogP contribution < -0.4 is 15.2 Å². The van der Waals surface area contributed by atoms with Crippen molar-refractivity contribution in [3.05, 3.63) is 89.9 Å². The molecule has 0 fully saturated rings. The number of primary sulfonamides is 1. The molecule has 4 rings (SSSR count). The number of carbonyl (C=O) groups excluding carboxylic acids is 1. The van der Waals surface area contributed by atoms with Crippen LogP contribution in [0.25, 0.3) is 10.8 Å². The van der Waals surface area contributed by atoms with E-state index in [-0.39, 0.29) is 17.3 Å². The van der Waals surface area contributed by atoms with E-state index < -0.39 is 15.9 Å². The van der Waals surface area contributed by atoms with E-state index in [2.05, 4.69) is 5.32 Å². The average molecular weight is 451 g/mol. The molecule has 7 nitrogen and oxygen atoms in total. The van der Waals surface area contributed by atoms with Crippen molar-refractivity contribution in [2.75, 3.05) is 5.32 Å². The Bertz CT molecular complexity index is 1390. The van der Waals surface area contributed by atoms with Crippen LogP contribution in [0.15, 0.2) is 82.1 Å². The summed E-state index contributed by atoms with van der Waals surface area (Å²) in [5, 5.41) is 10.1. The minimum atomic E-state index is -3.90. The van der Waals surface area contributed by atoms with E-state index in [1.165, 1.54) is 12.1 Å². The molecule has 1 amide bonds. The summed E-state index contributed by atoms with van der Waals surface area (Å²) in [4.78, 5) is 12.5. The van der Waals surface area contributed by atoms with Gasteiger partial charge in [-0.3, -0.25) is 4.79 Å². The van der Waals surface area contributed by atoms with Crippen molar-refractivity contribution < 1.29 is 22.4 Å². The second-order valence-corrected chi connectivity index (χ2v) is 8.77. The number of sulfonamides is 1. The number of nitrogens with two attached hydrogens (primary N) is 1. The zero-order valence-corrected chi connectivity index (χ0v) is 18.2. The van der Waals surface area contributed by atoms with Crippen molar-refractivity contribution in [3.8, 4) is 5.75 Å². The first-order valence-electron chi connectivity index (χ1n) is 10.0. The number of amides is 1. The van der Waals surface area contributed by atoms with Gasteiger partial charge in [-0.2, -0.15) is 0 Å². The van der Waals surface area contributed by atoms with Gasteiger partial charge in [-0.05, 0) is 59.2 Å². The highest BCUT2D eigenvalue weighted by Gasteiger charge is 2.16. The third-order valence-corrected chi connectivity index (χ3v) is 5.99. The Morgan fingerprint density at radius 1 is 1.00 bits per heavy atom. The molecule has 0 atom stereocenters. The van der Waals surface area contributed by atoms with Gasteiger partial charge in [0.1, 0.15) is 18.1 Å². The van der Waals surface area contributed by atoms with Crippen LogP contribution in [0.4, 0.5) is 5.69 Å². The Kier molecular flexibility index (Phi) is 5.98. The predicted octanol–water partition coefficient (Wildman–Crippen LogP) is 4.47. The summed E-state index contributed by atoms with van der Waals surface area (Å²) >= 11 is 0. The van der Waals surface area contributed by atoms with E-state index in [1.807, 2.05) is 49.4 Å². The van der Waals surface area contributed by atoms with Gasteiger partial charge in [0.05, 0.1) is 4.90 Å². The van der Waals surface area contributed by atoms with Crippen molar-refractivity contribution in [1.29, 1.82) is 0 Å². The van der Waals surface area contributed by atoms with Crippen molar-refractivity contribution >= 4 is 32.4 Å². The standard InChI is InChI=1S/C24H22N2O5S/c1-2-16-7-9-19(14-23(16)32(25,28)29)26-24(27)22-12-11-21(31-22)15-30-20-10-8-17-5-3-4-6-18(17)13-20/h3-14H,2,15H2,1H3,(H,26,27)(H2,25,28,29). The van der Waals surface area contributed by atoms with Crippen LogP contribution in [-0.4, -0.2) is 14.3 Å². The number of hydrogen-bond acceptors (Lipinski definition) is 5. The van der Waals surface area contributed by atoms with Gasteiger partial charge in [0, 0.05) is 5.69 Å². The molecule has 1 heterocycles. The molecule has 8 heteroatoms. The van der Waals surface area contributed by atoms with Crippen LogP contribution in [0.3, 0.4) is 0 Å². The smallest absolute Gasteiger partial charge is 0.291 e. The summed E-state index contributed by atoms with van der Waals surface area (Å²) in [5.74, 6) is 0.748. The Balaban J connectivity index is 1.43. The zero-order valence-electron chi connectivity index (χ0n) is 17.4. The molecule has 3 aromatic carbocycles. The van der Waals surface area contributed by atoms with Gasteiger partial charge in [-0.25, -0.2) is 13.6 Å². The summed E-state index contributed by atoms with van der Waals surface area (Å²) in [7, 11) is -3.90. The van der Waals surface area contributed by atoms with Gasteiger partial charge in [-0.1, -0.05) is 43.3 Å². The summed E-state index contributed by atoms with van der Waals surface area (Å²) in [6.45, 7) is 1.99. The highest BCUT2D eigenvalue weighted by molar-refractivity contribution is 7.89. The van der Waals surface area contributed by atoms with E-state index in [0.717, 1.165) is 10.8 Å². The quantitative estimate of drug-likeness (QED) is 0.431. The molecular weight excluding hydrogens is 428 g/mol. The molecular formula is C24H22N2O5S. The minimum Gasteiger partial charge on any atom is -0.486 e. The first kappa shape index (κ1) is 21.6. The van der Waals surface area contributed by atoms with Crippen molar-refractivity contribution in [2.24, 2.45) is 5.14 Å². The lowest BCUT2D eigenvalue weighted by atomic mass is 10.1. The number of benzene rings is 3. The van der Waals surface area contributed by atoms with Crippen LogP contribution >= 0.6 is 0 Å². The summed E-state index contributed by atoms with van der Waals surface area (Å²) in [6, 6.07) is 21.6. The number of ether oxygens (including phenoxy) is 1. The molecule has 32 heavy (non-hydrogen) atoms. The van der Waals surface area contributed by atoms with Crippen LogP contribution in [0.1, 0.15) is 28.8 Å². The maximum Gasteiger partial charge on any atom is 0.291 e. The summed E-state index contributed by atoms with van der Waals surface area (Å²) in [5.41, 5.74) is 0.887. The highest BCUT2D eigenvalue weighted by atomic mass is 32.2. The minimum absolute atomic E-state index is 0.0123. The lowest BCUT2D eigenvalue weighted by Crippen LogP contribution is -2.16. The molecule has 3 N–H and O–H groups in total. The molecule has 0 aliphatic heterocycles. The third-order valence-electron chi connectivity index (χ3n) is 5.00. The molecule has 164 valence electrons. The summed E-state index contributed by atoms with van der Waals surface area (Å²) < 4.78 is 35.0. The number of rotatable bonds is 7. The average Bonchev–Trinajstić information content (AvgIpc) is 3.26. The van der Waals surface area contributed by atoms with Gasteiger partial charge in [0.2, 0.25) is 10.0 Å². The Morgan fingerprint density at radius 3 is 2.53 bits per heavy atom. The van der Waals surface area contributed by atoms with Crippen LogP contribution in [-0.2, 0) is 23.1 Å². The first-order valence-corrected chi connectivity index (χ1v) is 11.6. The number of carbonyl (C=O) groups is 1. The molecule has 0 bridgehead atoms. The maximum atomic E-state index is 12.5. The van der Waals surface area contributed by atoms with Gasteiger partial charge in [-0.15, -0.1) is 0 Å². The zero-order chi connectivity index (χ0) is 22.7. The normalized spacial score (nSPS) is 11.4. The molecule has 0 saturated carbocycles. The molecule has 0 aliphatic carbocycles. The Morgan fingerprint density at radius 2 is 1.78 bits per heavy atom. The van der Waals surface area contributed by atoms with Crippen LogP contribution in [0.5, 0.6) is 5.75 Å². The van der Waals surface area contributed by atoms with Crippen molar-refractivity contribution in [1.82, 2.24) is 0 Å². The number of anilines is 1. The first-order chi connectivity index (χ1) is 15.3. The SMILES string of the molecule is CCc1ccc(NC(=O)c2ccc(COc3ccc4ccccc4c3)o2)cc1S(N)(=O)=O. The fourth-order valence-electron chi connectivity index (χ4n) is 3.37. The van der Waals surface area contributed by atoms with Crippen LogP contribution in [0, 0.1) is 0 Å². The molecule has 0 spiro atoms. The van der Waals surface area contributed by atoms with Crippen molar-refractivity contribution in [2.45, 2.75) is 24.8 Å². The largest absolute Gasteiger partial charge is 0.486 e. The monoisotopic (exact) mass is 450 g/mol. The molecule has 0 radical (unpaired) electrons. The van der Waals surface area contributed by atoms with Gasteiger partial charge >= 0.3 is 0 Å². The number of fused-ring (bicyclic) bond motifs is 1. The maximum absolute atomic E-state index is 12.5. The highest BCUT2D eigenvalue weighted by Crippen LogP contribution is 2.23. The molecule has 4 aromatic rings. The van der Waals surface area contributed by atoms with E-state index in [0.29, 0.717) is 29.2 Å². The Labute approximate surface area is 185 Å². The second-order valence-electron chi connectivity index (χ2n) is 7.24. The fraction of sp³-hybridized carbons (Fsp3) is 0.125. The lowest BCUT2D eigenvalue weighted by Gasteiger charge is -2.09. The molecule has 0 aliphatic rings. The van der Waals surface area contributed by atoms with E-state index >= 15 is 0 Å². The predicted molar refractivity (Wildman–Crippen MR) is 122 cm³/mol. The molecule has 1 aromatic heterocycles. The van der Waals surface area contributed by atoms with Crippen molar-refractivity contribution in [3.63, 3.8) is 0 Å². The lowest BCUT2D eigenvalue weighted by molar-refractivity contribution is 0.0992. The van der Waals surface area contributed by atoms with Gasteiger partial charge in [0.15, 0.2) is 5.76 Å². The summed E-state index contributed by atoms with van der Waals surface area (Å²) in [6.07, 6.45) is 0.499. The van der Waals surface area contributed by atoms with Gasteiger partial charge < -0.3 is 14.5 Å². The molecule has 0 unspecified atom stereocenters. The number of nitrogens with one attached hydrogen (secondary N) is 1. The number of hydrogen-bond donors (Lipinski definition) is 2. The van der Waals surface area contributed by atoms with Gasteiger partial charge in [0.25, 0.3) is 5.91 Å².